The van der Waals surface area contributed by atoms with Gasteiger partial charge in [0, 0.05) is 38.2 Å². The molecule has 13 nitrogen and oxygen atoms in total. The fraction of sp³-hybridized carbons (Fsp3) is 0.485. The molecule has 0 radical (unpaired) electrons. The van der Waals surface area contributed by atoms with Gasteiger partial charge >= 0.3 is 6.09 Å². The fourth-order valence-electron chi connectivity index (χ4n) is 5.14. The number of nitrogens with two attached hydrogens (primary N) is 1. The summed E-state index contributed by atoms with van der Waals surface area (Å²) in [6.45, 7) is 11.9. The van der Waals surface area contributed by atoms with Gasteiger partial charge in [-0.3, -0.25) is 14.4 Å². The summed E-state index contributed by atoms with van der Waals surface area (Å²) in [5.74, 6) is -2.25. The van der Waals surface area contributed by atoms with E-state index in [1.54, 1.807) is 39.0 Å². The van der Waals surface area contributed by atoms with Gasteiger partial charge in [0.25, 0.3) is 5.91 Å². The third-order valence-corrected chi connectivity index (χ3v) is 7.47. The van der Waals surface area contributed by atoms with Crippen LogP contribution in [-0.4, -0.2) is 79.8 Å². The van der Waals surface area contributed by atoms with Gasteiger partial charge in [0.05, 0.1) is 23.6 Å². The molecule has 0 saturated carbocycles. The standard InChI is InChI=1S/C33H46N4O9/c1-9-13-45-37-24-17-25-30(40)23(28(24)35-22(6)38)14-18(2)15-27(44-8)29(39)20(4)16-21(5)31(46-33(34)42)26(43-7)12-10-11-19(3)32(41)36-25/h9-12,16-18,20,26-27,29,31,39H,1,13-15H2,2-8H3,(H2,34,42)(H,35,38)(H,36,41)/b12-10-,19-11+,21-16+,37-24-/t18-,20+,26+,27+,29-,31+/m1/s1. The molecule has 3 amide bonds. The number of aliphatic hydroxyl groups is 1. The lowest BCUT2D eigenvalue weighted by Crippen LogP contribution is -2.38. The van der Waals surface area contributed by atoms with Crippen LogP contribution in [0.25, 0.3) is 0 Å². The number of nitrogens with zero attached hydrogens (tertiary/aromatic N) is 1. The van der Waals surface area contributed by atoms with Crippen LogP contribution in [0.2, 0.25) is 0 Å². The highest BCUT2D eigenvalue weighted by molar-refractivity contribution is 6.25. The average molecular weight is 643 g/mol. The van der Waals surface area contributed by atoms with E-state index in [0.717, 1.165) is 0 Å². The number of hydrogen-bond acceptors (Lipinski definition) is 10. The second-order valence-electron chi connectivity index (χ2n) is 11.3. The number of aliphatic hydroxyl groups excluding tert-OH is 1. The molecule has 0 fully saturated rings. The molecule has 2 aliphatic rings. The Balaban J connectivity index is 2.73. The van der Waals surface area contributed by atoms with E-state index in [0.29, 0.717) is 12.0 Å². The number of Topliss-reactive ketones (excluding diaryl/α,β-unsaturated/α-hetero) is 1. The molecule has 252 valence electrons. The molecule has 13 heteroatoms. The third kappa shape index (κ3) is 10.6. The normalized spacial score (nSPS) is 30.6. The molecule has 2 rings (SSSR count). The van der Waals surface area contributed by atoms with E-state index in [9.17, 15) is 24.3 Å². The molecule has 1 heterocycles. The van der Waals surface area contributed by atoms with Crippen molar-refractivity contribution in [1.29, 1.82) is 0 Å². The van der Waals surface area contributed by atoms with Crippen molar-refractivity contribution in [2.45, 2.75) is 71.9 Å². The Bertz CT molecular complexity index is 1360. The zero-order valence-electron chi connectivity index (χ0n) is 27.5. The van der Waals surface area contributed by atoms with Gasteiger partial charge in [0.15, 0.2) is 6.10 Å². The van der Waals surface area contributed by atoms with Crippen LogP contribution in [0.4, 0.5) is 4.79 Å². The number of ketones is 1. The molecule has 0 spiro atoms. The fourth-order valence-corrected chi connectivity index (χ4v) is 5.14. The molecule has 0 saturated heterocycles. The van der Waals surface area contributed by atoms with Crippen LogP contribution in [0.3, 0.4) is 0 Å². The second-order valence-corrected chi connectivity index (χ2v) is 11.3. The van der Waals surface area contributed by atoms with Gasteiger partial charge in [0.2, 0.25) is 11.7 Å². The lowest BCUT2D eigenvalue weighted by atomic mass is 9.85. The van der Waals surface area contributed by atoms with Gasteiger partial charge in [0.1, 0.15) is 18.4 Å². The third-order valence-electron chi connectivity index (χ3n) is 7.47. The summed E-state index contributed by atoms with van der Waals surface area (Å²) in [4.78, 5) is 56.3. The molecule has 46 heavy (non-hydrogen) atoms. The van der Waals surface area contributed by atoms with Crippen molar-refractivity contribution in [1.82, 2.24) is 10.6 Å². The number of fused-ring (bicyclic) bond motifs is 2. The van der Waals surface area contributed by atoms with Crippen LogP contribution < -0.4 is 16.4 Å². The number of amides is 3. The summed E-state index contributed by atoms with van der Waals surface area (Å²) in [5.41, 5.74) is 6.58. The molecular weight excluding hydrogens is 596 g/mol. The zero-order chi connectivity index (χ0) is 34.6. The first kappa shape index (κ1) is 37.9. The van der Waals surface area contributed by atoms with Crippen molar-refractivity contribution in [3.63, 3.8) is 0 Å². The van der Waals surface area contributed by atoms with E-state index in [1.165, 1.54) is 39.4 Å². The van der Waals surface area contributed by atoms with Crippen LogP contribution >= 0.6 is 0 Å². The van der Waals surface area contributed by atoms with Crippen molar-refractivity contribution in [2.75, 3.05) is 20.8 Å². The molecule has 0 aromatic rings. The first-order valence-electron chi connectivity index (χ1n) is 14.9. The van der Waals surface area contributed by atoms with Gasteiger partial charge in [-0.05, 0) is 44.3 Å². The Labute approximate surface area is 269 Å². The van der Waals surface area contributed by atoms with Crippen LogP contribution in [-0.2, 0) is 33.4 Å². The number of rotatable bonds is 7. The lowest BCUT2D eigenvalue weighted by Gasteiger charge is -2.30. The predicted molar refractivity (Wildman–Crippen MR) is 172 cm³/mol. The number of primary amides is 1. The maximum Gasteiger partial charge on any atom is 0.405 e. The van der Waals surface area contributed by atoms with Crippen molar-refractivity contribution in [3.8, 4) is 0 Å². The Morgan fingerprint density at radius 3 is 2.50 bits per heavy atom. The largest absolute Gasteiger partial charge is 0.439 e. The number of nitrogens with one attached hydrogen (secondary N) is 2. The first-order valence-corrected chi connectivity index (χ1v) is 14.9. The minimum absolute atomic E-state index is 0.0631. The highest BCUT2D eigenvalue weighted by Gasteiger charge is 2.33. The van der Waals surface area contributed by atoms with Gasteiger partial charge in [-0.1, -0.05) is 56.0 Å². The maximum absolute atomic E-state index is 13.8. The van der Waals surface area contributed by atoms with Gasteiger partial charge in [-0.2, -0.15) is 0 Å². The SMILES string of the molecule is C=CCO/N=C1/C=C2NC(=O)/C(C)=C/C=C\[C@H](OC)[C@@H](OC(N)=O)/C(C)=C/[C@H](C)[C@@H](O)[C@@H](OC)C[C@H](C)CC(=C1NC(C)=O)C2=O. The topological polar surface area (TPSA) is 188 Å². The van der Waals surface area contributed by atoms with Crippen LogP contribution in [0.5, 0.6) is 0 Å². The van der Waals surface area contributed by atoms with Crippen LogP contribution in [0.1, 0.15) is 47.5 Å². The van der Waals surface area contributed by atoms with Gasteiger partial charge in [-0.15, -0.1) is 0 Å². The molecule has 5 N–H and O–H groups in total. The summed E-state index contributed by atoms with van der Waals surface area (Å²) < 4.78 is 16.6. The van der Waals surface area contributed by atoms with E-state index in [-0.39, 0.29) is 47.2 Å². The summed E-state index contributed by atoms with van der Waals surface area (Å²) >= 11 is 0. The molecular formula is C33H46N4O9. The zero-order valence-corrected chi connectivity index (χ0v) is 27.5. The number of hydrogen-bond donors (Lipinski definition) is 4. The highest BCUT2D eigenvalue weighted by atomic mass is 16.6. The lowest BCUT2D eigenvalue weighted by molar-refractivity contribution is -0.119. The first-order chi connectivity index (χ1) is 21.7. The van der Waals surface area contributed by atoms with E-state index in [4.69, 9.17) is 24.8 Å². The predicted octanol–water partition coefficient (Wildman–Crippen LogP) is 2.89. The van der Waals surface area contributed by atoms with Crippen molar-refractivity contribution in [2.24, 2.45) is 22.7 Å². The van der Waals surface area contributed by atoms with E-state index < -0.39 is 54.0 Å². The van der Waals surface area contributed by atoms with Crippen molar-refractivity contribution in [3.05, 3.63) is 71.1 Å². The van der Waals surface area contributed by atoms with Gasteiger partial charge < -0.3 is 40.5 Å². The molecule has 1 aliphatic heterocycles. The maximum atomic E-state index is 13.8. The number of oxime groups is 1. The molecule has 0 aromatic carbocycles. The summed E-state index contributed by atoms with van der Waals surface area (Å²) in [5, 5.41) is 20.8. The average Bonchev–Trinajstić information content (AvgIpc) is 2.99. The van der Waals surface area contributed by atoms with E-state index in [2.05, 4.69) is 22.4 Å². The quantitative estimate of drug-likeness (QED) is 0.140. The number of carbonyl (C=O) groups is 4. The number of allylic oxidation sites excluding steroid dienone is 4. The van der Waals surface area contributed by atoms with E-state index >= 15 is 0 Å². The number of methoxy groups -OCH3 is 2. The minimum Gasteiger partial charge on any atom is -0.439 e. The number of ether oxygens (including phenoxy) is 3. The van der Waals surface area contributed by atoms with Crippen molar-refractivity contribution < 1.29 is 43.3 Å². The summed E-state index contributed by atoms with van der Waals surface area (Å²) in [6.07, 6.45) is 5.27. The molecule has 0 unspecified atom stereocenters. The van der Waals surface area contributed by atoms with Gasteiger partial charge in [-0.25, -0.2) is 4.79 Å². The van der Waals surface area contributed by atoms with Crippen LogP contribution in [0, 0.1) is 11.8 Å². The Morgan fingerprint density at radius 1 is 1.22 bits per heavy atom. The van der Waals surface area contributed by atoms with Crippen molar-refractivity contribution >= 4 is 29.4 Å². The molecule has 6 atom stereocenters. The summed E-state index contributed by atoms with van der Waals surface area (Å²) in [7, 11) is 2.91. The molecule has 2 bridgehead atoms. The summed E-state index contributed by atoms with van der Waals surface area (Å²) in [6, 6.07) is 0. The minimum atomic E-state index is -1.01. The highest BCUT2D eigenvalue weighted by Crippen LogP contribution is 2.29. The monoisotopic (exact) mass is 642 g/mol. The Morgan fingerprint density at radius 2 is 1.91 bits per heavy atom. The smallest absolute Gasteiger partial charge is 0.405 e. The van der Waals surface area contributed by atoms with Crippen LogP contribution in [0.15, 0.2) is 76.3 Å². The Hall–Kier alpha value is -4.33. The second kappa shape index (κ2) is 18.0. The number of carbonyl (C=O) groups excluding carboxylic acids is 4. The van der Waals surface area contributed by atoms with E-state index in [1.807, 2.05) is 6.92 Å². The molecule has 1 aliphatic carbocycles. The molecule has 0 aromatic heterocycles. The Kier molecular flexibility index (Phi) is 14.8.